The van der Waals surface area contributed by atoms with Gasteiger partial charge in [-0.1, -0.05) is 17.7 Å². The molecule has 0 aliphatic heterocycles. The Kier molecular flexibility index (Phi) is 3.73. The molecular weight excluding hydrogens is 334 g/mol. The molecular formula is C19H16ClN5. The molecule has 0 atom stereocenters. The van der Waals surface area contributed by atoms with Crippen molar-refractivity contribution in [3.8, 4) is 0 Å². The van der Waals surface area contributed by atoms with Crippen LogP contribution in [-0.4, -0.2) is 24.6 Å². The normalized spacial score (nSPS) is 11.8. The summed E-state index contributed by atoms with van der Waals surface area (Å²) in [6.07, 6.45) is 5.53. The Balaban J connectivity index is 1.73. The van der Waals surface area contributed by atoms with Gasteiger partial charge in [-0.3, -0.25) is 4.98 Å². The quantitative estimate of drug-likeness (QED) is 0.537. The van der Waals surface area contributed by atoms with Gasteiger partial charge in [-0.15, -0.1) is 5.10 Å². The van der Waals surface area contributed by atoms with Gasteiger partial charge in [0.2, 0.25) is 0 Å². The van der Waals surface area contributed by atoms with Crippen LogP contribution in [0.1, 0.15) is 28.5 Å². The van der Waals surface area contributed by atoms with Crippen molar-refractivity contribution in [2.75, 3.05) is 0 Å². The lowest BCUT2D eigenvalue weighted by atomic mass is 10.1. The summed E-state index contributed by atoms with van der Waals surface area (Å²) in [6, 6.07) is 7.98. The summed E-state index contributed by atoms with van der Waals surface area (Å²) in [6.45, 7) is 5.90. The highest BCUT2D eigenvalue weighted by atomic mass is 35.5. The average molecular weight is 350 g/mol. The zero-order valence-electron chi connectivity index (χ0n) is 14.2. The molecule has 0 radical (unpaired) electrons. The number of aromatic nitrogens is 5. The second-order valence-electron chi connectivity index (χ2n) is 6.08. The maximum absolute atomic E-state index is 6.32. The molecule has 0 amide bonds. The first-order valence-corrected chi connectivity index (χ1v) is 8.33. The van der Waals surface area contributed by atoms with Gasteiger partial charge in [0.1, 0.15) is 0 Å². The second-order valence-corrected chi connectivity index (χ2v) is 6.49. The summed E-state index contributed by atoms with van der Waals surface area (Å²) < 4.78 is 1.80. The number of hydrogen-bond donors (Lipinski definition) is 0. The van der Waals surface area contributed by atoms with E-state index in [0.29, 0.717) is 10.8 Å². The van der Waals surface area contributed by atoms with Crippen molar-refractivity contribution in [3.63, 3.8) is 0 Å². The third-order valence-electron chi connectivity index (χ3n) is 4.04. The lowest BCUT2D eigenvalue weighted by molar-refractivity contribution is 0.884. The van der Waals surface area contributed by atoms with E-state index in [0.717, 1.165) is 39.2 Å². The number of benzene rings is 1. The Hall–Kier alpha value is -2.79. The van der Waals surface area contributed by atoms with Gasteiger partial charge in [-0.05, 0) is 56.7 Å². The molecule has 3 aromatic heterocycles. The van der Waals surface area contributed by atoms with E-state index in [4.69, 9.17) is 11.6 Å². The Labute approximate surface area is 150 Å². The van der Waals surface area contributed by atoms with Crippen LogP contribution in [0.5, 0.6) is 0 Å². The first kappa shape index (κ1) is 15.7. The highest BCUT2D eigenvalue weighted by molar-refractivity contribution is 6.35. The van der Waals surface area contributed by atoms with Crippen molar-refractivity contribution in [3.05, 3.63) is 64.0 Å². The van der Waals surface area contributed by atoms with Crippen LogP contribution in [0.3, 0.4) is 0 Å². The summed E-state index contributed by atoms with van der Waals surface area (Å²) >= 11 is 6.32. The molecule has 0 aliphatic rings. The van der Waals surface area contributed by atoms with Crippen molar-refractivity contribution in [2.45, 2.75) is 20.8 Å². The molecule has 0 aliphatic carbocycles. The van der Waals surface area contributed by atoms with Gasteiger partial charge in [0.25, 0.3) is 0 Å². The molecule has 0 bridgehead atoms. The van der Waals surface area contributed by atoms with Crippen LogP contribution in [0, 0.1) is 20.8 Å². The molecule has 1 aromatic carbocycles. The Morgan fingerprint density at radius 2 is 1.88 bits per heavy atom. The zero-order chi connectivity index (χ0) is 17.6. The van der Waals surface area contributed by atoms with Crippen LogP contribution in [0.25, 0.3) is 28.7 Å². The van der Waals surface area contributed by atoms with Crippen LogP contribution in [-0.2, 0) is 0 Å². The maximum Gasteiger partial charge on any atom is 0.177 e. The Morgan fingerprint density at radius 1 is 1.04 bits per heavy atom. The molecule has 0 N–H and O–H groups in total. The van der Waals surface area contributed by atoms with Crippen LogP contribution in [0.4, 0.5) is 0 Å². The largest absolute Gasteiger partial charge is 0.256 e. The fraction of sp³-hybridized carbons (Fsp3) is 0.158. The lowest BCUT2D eigenvalue weighted by Crippen LogP contribution is -1.97. The van der Waals surface area contributed by atoms with Crippen LogP contribution >= 0.6 is 11.6 Å². The molecule has 5 nitrogen and oxygen atoms in total. The minimum Gasteiger partial charge on any atom is -0.256 e. The number of aryl methyl sites for hydroxylation is 3. The molecule has 0 saturated carbocycles. The lowest BCUT2D eigenvalue weighted by Gasteiger charge is -2.03. The van der Waals surface area contributed by atoms with E-state index in [9.17, 15) is 0 Å². The van der Waals surface area contributed by atoms with Crippen molar-refractivity contribution in [1.82, 2.24) is 24.6 Å². The summed E-state index contributed by atoms with van der Waals surface area (Å²) in [7, 11) is 0. The zero-order valence-corrected chi connectivity index (χ0v) is 14.9. The van der Waals surface area contributed by atoms with E-state index in [2.05, 4.69) is 26.1 Å². The monoisotopic (exact) mass is 349 g/mol. The van der Waals surface area contributed by atoms with Crippen molar-refractivity contribution in [1.29, 1.82) is 0 Å². The van der Waals surface area contributed by atoms with Crippen LogP contribution < -0.4 is 0 Å². The third kappa shape index (κ3) is 2.87. The van der Waals surface area contributed by atoms with Gasteiger partial charge in [0.05, 0.1) is 27.6 Å². The topological polar surface area (TPSA) is 56.0 Å². The summed E-state index contributed by atoms with van der Waals surface area (Å²) in [5.74, 6) is 0.621. The van der Waals surface area contributed by atoms with Crippen molar-refractivity contribution in [2.24, 2.45) is 0 Å². The fourth-order valence-electron chi connectivity index (χ4n) is 2.78. The number of halogens is 1. The summed E-state index contributed by atoms with van der Waals surface area (Å²) in [5, 5.41) is 6.20. The molecule has 0 saturated heterocycles. The van der Waals surface area contributed by atoms with Crippen LogP contribution in [0.15, 0.2) is 30.5 Å². The second kappa shape index (κ2) is 5.93. The Bertz CT molecular complexity index is 1100. The van der Waals surface area contributed by atoms with Gasteiger partial charge in [0.15, 0.2) is 11.5 Å². The van der Waals surface area contributed by atoms with E-state index in [1.54, 1.807) is 10.7 Å². The maximum atomic E-state index is 6.32. The van der Waals surface area contributed by atoms with E-state index >= 15 is 0 Å². The molecule has 0 spiro atoms. The SMILES string of the molecule is Cc1cc(Cl)c2nc(/C=C/c3nc4c(C)ncc(C)n4n3)ccc2c1. The first-order valence-electron chi connectivity index (χ1n) is 7.95. The first-order chi connectivity index (χ1) is 12.0. The number of hydrogen-bond acceptors (Lipinski definition) is 4. The minimum absolute atomic E-state index is 0.621. The smallest absolute Gasteiger partial charge is 0.177 e. The number of fused-ring (bicyclic) bond motifs is 2. The number of rotatable bonds is 2. The Morgan fingerprint density at radius 3 is 2.68 bits per heavy atom. The van der Waals surface area contributed by atoms with E-state index in [1.807, 2.05) is 51.1 Å². The highest BCUT2D eigenvalue weighted by Crippen LogP contribution is 2.24. The molecule has 4 aromatic rings. The highest BCUT2D eigenvalue weighted by Gasteiger charge is 2.07. The molecule has 3 heterocycles. The van der Waals surface area contributed by atoms with Gasteiger partial charge in [-0.25, -0.2) is 14.5 Å². The molecule has 6 heteroatoms. The summed E-state index contributed by atoms with van der Waals surface area (Å²) in [4.78, 5) is 13.5. The third-order valence-corrected chi connectivity index (χ3v) is 4.33. The van der Waals surface area contributed by atoms with Gasteiger partial charge >= 0.3 is 0 Å². The minimum atomic E-state index is 0.621. The molecule has 124 valence electrons. The van der Waals surface area contributed by atoms with Gasteiger partial charge in [0, 0.05) is 11.6 Å². The molecule has 4 rings (SSSR count). The molecule has 0 unspecified atom stereocenters. The number of nitrogens with zero attached hydrogens (tertiary/aromatic N) is 5. The van der Waals surface area contributed by atoms with E-state index in [1.165, 1.54) is 0 Å². The van der Waals surface area contributed by atoms with E-state index < -0.39 is 0 Å². The predicted molar refractivity (Wildman–Crippen MR) is 101 cm³/mol. The van der Waals surface area contributed by atoms with Gasteiger partial charge < -0.3 is 0 Å². The molecule has 0 fully saturated rings. The number of pyridine rings is 1. The standard InChI is InChI=1S/C19H16ClN5/c1-11-8-14-4-5-15(22-18(14)16(20)9-11)6-7-17-23-19-13(3)21-10-12(2)25(19)24-17/h4-10H,1-3H3/b7-6+. The van der Waals surface area contributed by atoms with E-state index in [-0.39, 0.29) is 0 Å². The van der Waals surface area contributed by atoms with Crippen molar-refractivity contribution < 1.29 is 0 Å². The van der Waals surface area contributed by atoms with Crippen LogP contribution in [0.2, 0.25) is 5.02 Å². The summed E-state index contributed by atoms with van der Waals surface area (Å²) in [5.41, 5.74) is 5.29. The average Bonchev–Trinajstić information content (AvgIpc) is 3.02. The van der Waals surface area contributed by atoms with Gasteiger partial charge in [-0.2, -0.15) is 0 Å². The fourth-order valence-corrected chi connectivity index (χ4v) is 3.11. The molecule has 25 heavy (non-hydrogen) atoms. The predicted octanol–water partition coefficient (Wildman–Crippen LogP) is 4.42. The van der Waals surface area contributed by atoms with Crippen molar-refractivity contribution >= 4 is 40.3 Å².